The number of guanidine groups is 1. The standard InChI is InChI=1S/C18H26Cl2N6O2/c1-21-18(23-5-4-22-16-14(20)11-13(19)12-24-16)26-8-6-25(7-9-26)17(27)15-3-2-10-28-15/h11-12,15H,2-10H2,1H3,(H,21,23)(H,22,24). The zero-order valence-corrected chi connectivity index (χ0v) is 17.5. The Kier molecular flexibility index (Phi) is 7.58. The van der Waals surface area contributed by atoms with Gasteiger partial charge in [-0.2, -0.15) is 0 Å². The highest BCUT2D eigenvalue weighted by atomic mass is 35.5. The van der Waals surface area contributed by atoms with Crippen molar-refractivity contribution in [3.8, 4) is 0 Å². The van der Waals surface area contributed by atoms with Crippen LogP contribution in [0.5, 0.6) is 0 Å². The molecule has 2 aliphatic rings. The lowest BCUT2D eigenvalue weighted by atomic mass is 10.2. The third-order valence-corrected chi connectivity index (χ3v) is 5.31. The average Bonchev–Trinajstić information content (AvgIpc) is 3.24. The average molecular weight is 429 g/mol. The quantitative estimate of drug-likeness (QED) is 0.421. The fourth-order valence-corrected chi connectivity index (χ4v) is 3.79. The van der Waals surface area contributed by atoms with Crippen molar-refractivity contribution < 1.29 is 9.53 Å². The molecular formula is C18H26Cl2N6O2. The number of nitrogens with one attached hydrogen (secondary N) is 2. The summed E-state index contributed by atoms with van der Waals surface area (Å²) < 4.78 is 5.51. The van der Waals surface area contributed by atoms with E-state index in [4.69, 9.17) is 27.9 Å². The van der Waals surface area contributed by atoms with Crippen molar-refractivity contribution in [3.63, 3.8) is 0 Å². The van der Waals surface area contributed by atoms with Crippen molar-refractivity contribution in [2.24, 2.45) is 4.99 Å². The Morgan fingerprint density at radius 1 is 1.29 bits per heavy atom. The zero-order chi connectivity index (χ0) is 19.9. The molecule has 154 valence electrons. The van der Waals surface area contributed by atoms with E-state index in [2.05, 4.69) is 25.5 Å². The monoisotopic (exact) mass is 428 g/mol. The Morgan fingerprint density at radius 2 is 2.04 bits per heavy atom. The largest absolute Gasteiger partial charge is 0.368 e. The van der Waals surface area contributed by atoms with E-state index < -0.39 is 0 Å². The summed E-state index contributed by atoms with van der Waals surface area (Å²) in [6, 6.07) is 1.65. The fraction of sp³-hybridized carbons (Fsp3) is 0.611. The first kappa shape index (κ1) is 21.0. The van der Waals surface area contributed by atoms with Gasteiger partial charge in [0, 0.05) is 59.1 Å². The number of anilines is 1. The van der Waals surface area contributed by atoms with Gasteiger partial charge in [0.1, 0.15) is 11.9 Å². The molecule has 0 aromatic carbocycles. The second-order valence-electron chi connectivity index (χ2n) is 6.70. The molecule has 2 saturated heterocycles. The van der Waals surface area contributed by atoms with Crippen molar-refractivity contribution in [1.29, 1.82) is 0 Å². The van der Waals surface area contributed by atoms with Gasteiger partial charge in [-0.05, 0) is 18.9 Å². The molecule has 0 radical (unpaired) electrons. The third-order valence-electron chi connectivity index (χ3n) is 4.82. The summed E-state index contributed by atoms with van der Waals surface area (Å²) in [4.78, 5) is 25.0. The van der Waals surface area contributed by atoms with Gasteiger partial charge in [-0.1, -0.05) is 23.2 Å². The van der Waals surface area contributed by atoms with Gasteiger partial charge in [0.05, 0.1) is 10.0 Å². The van der Waals surface area contributed by atoms with Crippen LogP contribution in [0.15, 0.2) is 17.3 Å². The summed E-state index contributed by atoms with van der Waals surface area (Å²) >= 11 is 12.0. The summed E-state index contributed by atoms with van der Waals surface area (Å²) in [5, 5.41) is 7.49. The van der Waals surface area contributed by atoms with Crippen LogP contribution >= 0.6 is 23.2 Å². The first-order chi connectivity index (χ1) is 13.6. The molecule has 1 aromatic heterocycles. The number of carbonyl (C=O) groups excluding carboxylic acids is 1. The number of aromatic nitrogens is 1. The maximum Gasteiger partial charge on any atom is 0.251 e. The lowest BCUT2D eigenvalue weighted by Crippen LogP contribution is -2.55. The number of amides is 1. The van der Waals surface area contributed by atoms with Gasteiger partial charge in [0.2, 0.25) is 0 Å². The Bertz CT molecular complexity index is 703. The normalized spacial score (nSPS) is 20.4. The smallest absolute Gasteiger partial charge is 0.251 e. The number of pyridine rings is 1. The highest BCUT2D eigenvalue weighted by molar-refractivity contribution is 6.35. The number of nitrogens with zero attached hydrogens (tertiary/aromatic N) is 4. The summed E-state index contributed by atoms with van der Waals surface area (Å²) in [6.07, 6.45) is 3.11. The number of piperazine rings is 1. The van der Waals surface area contributed by atoms with Crippen LogP contribution in [0.25, 0.3) is 0 Å². The number of carbonyl (C=O) groups is 1. The molecule has 8 nitrogen and oxygen atoms in total. The second-order valence-corrected chi connectivity index (χ2v) is 7.54. The highest BCUT2D eigenvalue weighted by Crippen LogP contribution is 2.22. The second kappa shape index (κ2) is 10.1. The molecule has 3 heterocycles. The summed E-state index contributed by atoms with van der Waals surface area (Å²) in [5.41, 5.74) is 0. The van der Waals surface area contributed by atoms with Crippen molar-refractivity contribution in [2.75, 3.05) is 58.2 Å². The predicted octanol–water partition coefficient (Wildman–Crippen LogP) is 1.70. The SMILES string of the molecule is CN=C(NCCNc1ncc(Cl)cc1Cl)N1CCN(C(=O)C2CCCO2)CC1. The molecule has 1 unspecified atom stereocenters. The summed E-state index contributed by atoms with van der Waals surface area (Å²) in [5.74, 6) is 1.54. The number of hydrogen-bond acceptors (Lipinski definition) is 5. The molecule has 0 bridgehead atoms. The van der Waals surface area contributed by atoms with Crippen LogP contribution in [-0.4, -0.2) is 85.7 Å². The van der Waals surface area contributed by atoms with Crippen LogP contribution in [0.3, 0.4) is 0 Å². The molecule has 0 saturated carbocycles. The zero-order valence-electron chi connectivity index (χ0n) is 16.0. The van der Waals surface area contributed by atoms with Crippen LogP contribution in [0.2, 0.25) is 10.0 Å². The van der Waals surface area contributed by atoms with E-state index in [1.807, 2.05) is 4.90 Å². The molecular weight excluding hydrogens is 403 g/mol. The van der Waals surface area contributed by atoms with Gasteiger partial charge in [0.15, 0.2) is 5.96 Å². The third kappa shape index (κ3) is 5.40. The van der Waals surface area contributed by atoms with E-state index in [0.29, 0.717) is 48.6 Å². The van der Waals surface area contributed by atoms with E-state index in [1.165, 1.54) is 0 Å². The van der Waals surface area contributed by atoms with E-state index in [1.54, 1.807) is 19.3 Å². The minimum absolute atomic E-state index is 0.122. The van der Waals surface area contributed by atoms with E-state index in [9.17, 15) is 4.79 Å². The molecule has 2 aliphatic heterocycles. The minimum atomic E-state index is -0.247. The van der Waals surface area contributed by atoms with Crippen LogP contribution in [0.1, 0.15) is 12.8 Å². The molecule has 10 heteroatoms. The van der Waals surface area contributed by atoms with Crippen molar-refractivity contribution in [1.82, 2.24) is 20.1 Å². The molecule has 28 heavy (non-hydrogen) atoms. The van der Waals surface area contributed by atoms with Gasteiger partial charge >= 0.3 is 0 Å². The van der Waals surface area contributed by atoms with Gasteiger partial charge in [-0.15, -0.1) is 0 Å². The van der Waals surface area contributed by atoms with Gasteiger partial charge in [-0.3, -0.25) is 9.79 Å². The van der Waals surface area contributed by atoms with Gasteiger partial charge in [-0.25, -0.2) is 4.98 Å². The Hall–Kier alpha value is -1.77. The first-order valence-corrected chi connectivity index (χ1v) is 10.2. The molecule has 1 atom stereocenters. The Labute approximate surface area is 175 Å². The predicted molar refractivity (Wildman–Crippen MR) is 111 cm³/mol. The first-order valence-electron chi connectivity index (χ1n) is 9.49. The number of rotatable bonds is 5. The number of aliphatic imine (C=N–C) groups is 1. The van der Waals surface area contributed by atoms with E-state index in [-0.39, 0.29) is 12.0 Å². The number of hydrogen-bond donors (Lipinski definition) is 2. The fourth-order valence-electron chi connectivity index (χ4n) is 3.35. The number of ether oxygens (including phenoxy) is 1. The highest BCUT2D eigenvalue weighted by Gasteiger charge is 2.30. The number of halogens is 2. The van der Waals surface area contributed by atoms with Crippen LogP contribution in [0, 0.1) is 0 Å². The maximum atomic E-state index is 12.4. The summed E-state index contributed by atoms with van der Waals surface area (Å²) in [6.45, 7) is 4.83. The van der Waals surface area contributed by atoms with Gasteiger partial charge in [0.25, 0.3) is 5.91 Å². The van der Waals surface area contributed by atoms with Crippen LogP contribution in [0.4, 0.5) is 5.82 Å². The van der Waals surface area contributed by atoms with Crippen molar-refractivity contribution >= 4 is 40.9 Å². The van der Waals surface area contributed by atoms with Crippen LogP contribution in [-0.2, 0) is 9.53 Å². The molecule has 1 aromatic rings. The molecule has 3 rings (SSSR count). The van der Waals surface area contributed by atoms with Crippen molar-refractivity contribution in [2.45, 2.75) is 18.9 Å². The molecule has 2 fully saturated rings. The summed E-state index contributed by atoms with van der Waals surface area (Å²) in [7, 11) is 1.76. The molecule has 1 amide bonds. The molecule has 2 N–H and O–H groups in total. The Balaban J connectivity index is 1.40. The van der Waals surface area contributed by atoms with E-state index in [0.717, 1.165) is 31.9 Å². The lowest BCUT2D eigenvalue weighted by Gasteiger charge is -2.37. The lowest BCUT2D eigenvalue weighted by molar-refractivity contribution is -0.142. The van der Waals surface area contributed by atoms with Crippen molar-refractivity contribution in [3.05, 3.63) is 22.3 Å². The maximum absolute atomic E-state index is 12.4. The van der Waals surface area contributed by atoms with Gasteiger partial charge < -0.3 is 25.2 Å². The minimum Gasteiger partial charge on any atom is -0.368 e. The molecule has 0 aliphatic carbocycles. The van der Waals surface area contributed by atoms with Crippen LogP contribution < -0.4 is 10.6 Å². The Morgan fingerprint density at radius 3 is 2.68 bits per heavy atom. The van der Waals surface area contributed by atoms with E-state index >= 15 is 0 Å². The molecule has 0 spiro atoms. The topological polar surface area (TPSA) is 82.1 Å².